The molecule has 9 heteroatoms. The molecular formula is C18H24N6O3. The van der Waals surface area contributed by atoms with Crippen molar-refractivity contribution in [3.05, 3.63) is 32.2 Å². The highest BCUT2D eigenvalue weighted by Gasteiger charge is 2.26. The largest absolute Gasteiger partial charge is 0.368 e. The van der Waals surface area contributed by atoms with E-state index in [9.17, 15) is 14.4 Å². The van der Waals surface area contributed by atoms with E-state index in [4.69, 9.17) is 5.73 Å². The van der Waals surface area contributed by atoms with Crippen LogP contribution in [0.25, 0.3) is 16.9 Å². The number of nitrogens with zero attached hydrogens (tertiary/aromatic N) is 5. The van der Waals surface area contributed by atoms with Crippen molar-refractivity contribution in [3.8, 4) is 0 Å². The molecule has 3 heterocycles. The molecule has 0 aromatic carbocycles. The van der Waals surface area contributed by atoms with Crippen molar-refractivity contribution in [1.29, 1.82) is 0 Å². The summed E-state index contributed by atoms with van der Waals surface area (Å²) in [5.74, 6) is -0.0576. The molecule has 0 unspecified atom stereocenters. The summed E-state index contributed by atoms with van der Waals surface area (Å²) >= 11 is 0. The lowest BCUT2D eigenvalue weighted by atomic mass is 9.95. The topological polar surface area (TPSA) is 109 Å². The number of primary amides is 1. The maximum atomic E-state index is 13.0. The van der Waals surface area contributed by atoms with Crippen LogP contribution >= 0.6 is 0 Å². The molecule has 27 heavy (non-hydrogen) atoms. The Labute approximate surface area is 155 Å². The van der Waals surface area contributed by atoms with Crippen LogP contribution < -0.4 is 17.0 Å². The number of carbonyl (C=O) groups excluding carboxylic acids is 1. The lowest BCUT2D eigenvalue weighted by Gasteiger charge is -2.24. The van der Waals surface area contributed by atoms with Gasteiger partial charge in [-0.2, -0.15) is 4.98 Å². The van der Waals surface area contributed by atoms with Gasteiger partial charge in [0.15, 0.2) is 11.2 Å². The third-order valence-corrected chi connectivity index (χ3v) is 5.81. The van der Waals surface area contributed by atoms with Gasteiger partial charge in [0, 0.05) is 24.5 Å². The van der Waals surface area contributed by atoms with Crippen molar-refractivity contribution in [3.63, 3.8) is 0 Å². The number of hydrogen-bond donors (Lipinski definition) is 1. The van der Waals surface area contributed by atoms with Crippen molar-refractivity contribution in [2.75, 3.05) is 0 Å². The van der Waals surface area contributed by atoms with Crippen LogP contribution in [-0.2, 0) is 18.4 Å². The fraction of sp³-hybridized carbons (Fsp3) is 0.556. The molecule has 1 aliphatic carbocycles. The second-order valence-electron chi connectivity index (χ2n) is 7.45. The highest BCUT2D eigenvalue weighted by molar-refractivity contribution is 5.78. The minimum atomic E-state index is -0.734. The Kier molecular flexibility index (Phi) is 3.97. The number of nitrogens with two attached hydrogens (primary N) is 1. The maximum Gasteiger partial charge on any atom is 0.332 e. The Morgan fingerprint density at radius 1 is 1.15 bits per heavy atom. The van der Waals surface area contributed by atoms with Gasteiger partial charge < -0.3 is 10.3 Å². The number of carbonyl (C=O) groups is 1. The van der Waals surface area contributed by atoms with Gasteiger partial charge in [-0.3, -0.25) is 18.6 Å². The molecule has 0 aliphatic heterocycles. The molecule has 144 valence electrons. The molecule has 2 N–H and O–H groups in total. The lowest BCUT2D eigenvalue weighted by Crippen LogP contribution is -2.42. The van der Waals surface area contributed by atoms with Gasteiger partial charge in [0.05, 0.1) is 0 Å². The summed E-state index contributed by atoms with van der Waals surface area (Å²) in [6.07, 6.45) is 5.77. The van der Waals surface area contributed by atoms with Gasteiger partial charge in [-0.05, 0) is 26.7 Å². The van der Waals surface area contributed by atoms with Crippen LogP contribution in [0.5, 0.6) is 0 Å². The van der Waals surface area contributed by atoms with Crippen LogP contribution in [0.3, 0.4) is 0 Å². The summed E-state index contributed by atoms with van der Waals surface area (Å²) in [6.45, 7) is 3.54. The highest BCUT2D eigenvalue weighted by atomic mass is 16.2. The smallest absolute Gasteiger partial charge is 0.332 e. The number of rotatable bonds is 3. The van der Waals surface area contributed by atoms with Crippen LogP contribution in [-0.4, -0.2) is 29.0 Å². The van der Waals surface area contributed by atoms with Crippen LogP contribution in [0, 0.1) is 13.8 Å². The molecule has 3 aromatic heterocycles. The fourth-order valence-corrected chi connectivity index (χ4v) is 4.35. The summed E-state index contributed by atoms with van der Waals surface area (Å²) in [6, 6.07) is 0.344. The van der Waals surface area contributed by atoms with E-state index in [1.165, 1.54) is 23.8 Å². The van der Waals surface area contributed by atoms with Crippen molar-refractivity contribution in [1.82, 2.24) is 23.1 Å². The first-order valence-corrected chi connectivity index (χ1v) is 9.30. The van der Waals surface area contributed by atoms with E-state index in [2.05, 4.69) is 9.55 Å². The second kappa shape index (κ2) is 6.11. The predicted octanol–water partition coefficient (Wildman–Crippen LogP) is 0.757. The summed E-state index contributed by atoms with van der Waals surface area (Å²) in [5, 5.41) is 0. The van der Waals surface area contributed by atoms with E-state index in [1.807, 2.05) is 18.2 Å². The minimum absolute atomic E-state index is 0.309. The maximum absolute atomic E-state index is 13.0. The van der Waals surface area contributed by atoms with Crippen molar-refractivity contribution in [2.24, 2.45) is 12.8 Å². The van der Waals surface area contributed by atoms with Gasteiger partial charge in [0.2, 0.25) is 11.7 Å². The van der Waals surface area contributed by atoms with Crippen molar-refractivity contribution < 1.29 is 4.79 Å². The number of imidazole rings is 2. The van der Waals surface area contributed by atoms with E-state index in [0.717, 1.165) is 28.8 Å². The number of aromatic nitrogens is 5. The van der Waals surface area contributed by atoms with E-state index >= 15 is 0 Å². The molecule has 9 nitrogen and oxygen atoms in total. The van der Waals surface area contributed by atoms with E-state index in [0.29, 0.717) is 23.0 Å². The van der Waals surface area contributed by atoms with Crippen LogP contribution in [0.15, 0.2) is 9.59 Å². The molecule has 0 bridgehead atoms. The number of amides is 1. The van der Waals surface area contributed by atoms with Gasteiger partial charge in [0.1, 0.15) is 6.54 Å². The van der Waals surface area contributed by atoms with E-state index in [-0.39, 0.29) is 0 Å². The van der Waals surface area contributed by atoms with Crippen LogP contribution in [0.2, 0.25) is 0 Å². The number of aryl methyl sites for hydroxylation is 2. The van der Waals surface area contributed by atoms with Gasteiger partial charge in [-0.1, -0.05) is 19.3 Å². The second-order valence-corrected chi connectivity index (χ2v) is 7.45. The van der Waals surface area contributed by atoms with Gasteiger partial charge in [-0.15, -0.1) is 0 Å². The Morgan fingerprint density at radius 2 is 1.81 bits per heavy atom. The number of hydrogen-bond acceptors (Lipinski definition) is 4. The molecule has 0 saturated heterocycles. The van der Waals surface area contributed by atoms with Gasteiger partial charge >= 0.3 is 5.69 Å². The average molecular weight is 372 g/mol. The summed E-state index contributed by atoms with van der Waals surface area (Å²) in [4.78, 5) is 41.6. The number of fused-ring (bicyclic) bond motifs is 3. The summed E-state index contributed by atoms with van der Waals surface area (Å²) < 4.78 is 6.22. The predicted molar refractivity (Wildman–Crippen MR) is 101 cm³/mol. The Hall–Kier alpha value is -2.84. The van der Waals surface area contributed by atoms with Crippen LogP contribution in [0.4, 0.5) is 0 Å². The molecular weight excluding hydrogens is 348 g/mol. The average Bonchev–Trinajstić information content (AvgIpc) is 3.14. The van der Waals surface area contributed by atoms with Crippen molar-refractivity contribution in [2.45, 2.75) is 58.5 Å². The monoisotopic (exact) mass is 372 g/mol. The fourth-order valence-electron chi connectivity index (χ4n) is 4.35. The first-order valence-electron chi connectivity index (χ1n) is 9.30. The zero-order valence-corrected chi connectivity index (χ0v) is 15.9. The molecule has 0 atom stereocenters. The van der Waals surface area contributed by atoms with Gasteiger partial charge in [0.25, 0.3) is 5.56 Å². The lowest BCUT2D eigenvalue weighted by molar-refractivity contribution is -0.118. The van der Waals surface area contributed by atoms with Gasteiger partial charge in [-0.25, -0.2) is 9.36 Å². The Balaban J connectivity index is 2.10. The molecule has 1 amide bonds. The first kappa shape index (κ1) is 17.6. The zero-order chi connectivity index (χ0) is 19.5. The quantitative estimate of drug-likeness (QED) is 0.732. The third-order valence-electron chi connectivity index (χ3n) is 5.81. The minimum Gasteiger partial charge on any atom is -0.368 e. The van der Waals surface area contributed by atoms with E-state index in [1.54, 1.807) is 7.05 Å². The Morgan fingerprint density at radius 3 is 2.44 bits per heavy atom. The zero-order valence-electron chi connectivity index (χ0n) is 15.9. The molecule has 1 fully saturated rings. The van der Waals surface area contributed by atoms with Crippen LogP contribution in [0.1, 0.15) is 49.5 Å². The molecule has 0 radical (unpaired) electrons. The normalized spacial score (nSPS) is 15.8. The highest BCUT2D eigenvalue weighted by Crippen LogP contribution is 2.33. The molecule has 1 saturated carbocycles. The Bertz CT molecular complexity index is 1190. The molecule has 1 aliphatic rings. The standard InChI is InChI=1S/C18H24N6O3/c1-10-11(2)24-14-15(20-17(24)23(10)12-7-5-4-6-8-12)21(3)18(27)22(16(14)26)9-13(19)25/h12H,4-9H2,1-3H3,(H2,19,25). The summed E-state index contributed by atoms with van der Waals surface area (Å²) in [7, 11) is 1.56. The molecule has 3 aromatic rings. The van der Waals surface area contributed by atoms with Crippen molar-refractivity contribution >= 4 is 22.8 Å². The molecule has 4 rings (SSSR count). The third kappa shape index (κ3) is 2.44. The van der Waals surface area contributed by atoms with E-state index < -0.39 is 23.7 Å². The first-order chi connectivity index (χ1) is 12.8. The summed E-state index contributed by atoms with van der Waals surface area (Å²) in [5.41, 5.74) is 6.72. The molecule has 0 spiro atoms. The SMILES string of the molecule is Cc1c(C)n2c3c(=O)n(CC(N)=O)c(=O)n(C)c3nc2n1C1CCCCC1.